The summed E-state index contributed by atoms with van der Waals surface area (Å²) in [6.07, 6.45) is 8.59. The van der Waals surface area contributed by atoms with Crippen molar-refractivity contribution in [2.24, 2.45) is 23.8 Å². The van der Waals surface area contributed by atoms with E-state index in [2.05, 4.69) is 10.3 Å². The summed E-state index contributed by atoms with van der Waals surface area (Å²) in [5.41, 5.74) is 1.39. The molecule has 0 aliphatic heterocycles. The van der Waals surface area contributed by atoms with Crippen LogP contribution in [-0.2, 0) is 7.05 Å². The van der Waals surface area contributed by atoms with Gasteiger partial charge < -0.3 is 9.88 Å². The fourth-order valence-electron chi connectivity index (χ4n) is 4.15. The smallest absolute Gasteiger partial charge is 0.293 e. The molecule has 3 aliphatic rings. The Labute approximate surface area is 117 Å². The fraction of sp³-hybridized carbons (Fsp3) is 0.714. The summed E-state index contributed by atoms with van der Waals surface area (Å²) in [5, 5.41) is 3.54. The van der Waals surface area contributed by atoms with Crippen LogP contribution in [0.25, 0.3) is 0 Å². The van der Waals surface area contributed by atoms with Crippen LogP contribution in [0.5, 0.6) is 0 Å². The van der Waals surface area contributed by atoms with Crippen molar-refractivity contribution in [1.82, 2.24) is 9.55 Å². The molecule has 3 aliphatic carbocycles. The van der Waals surface area contributed by atoms with Crippen LogP contribution >= 0.6 is 11.6 Å². The van der Waals surface area contributed by atoms with Crippen LogP contribution < -0.4 is 10.9 Å². The molecule has 0 amide bonds. The Kier molecular flexibility index (Phi) is 2.19. The first-order chi connectivity index (χ1) is 9.04. The predicted molar refractivity (Wildman–Crippen MR) is 74.4 cm³/mol. The van der Waals surface area contributed by atoms with Gasteiger partial charge >= 0.3 is 0 Å². The molecule has 1 N–H and O–H groups in total. The lowest BCUT2D eigenvalue weighted by molar-refractivity contribution is 0.154. The second-order valence-corrected chi connectivity index (χ2v) is 7.11. The van der Waals surface area contributed by atoms with Crippen molar-refractivity contribution < 1.29 is 0 Å². The number of nitrogens with one attached hydrogen (secondary N) is 1. The third kappa shape index (κ3) is 1.65. The molecule has 1 heterocycles. The van der Waals surface area contributed by atoms with Crippen LogP contribution in [0.15, 0.2) is 11.0 Å². The van der Waals surface area contributed by atoms with Crippen LogP contribution in [0.4, 0.5) is 5.82 Å². The van der Waals surface area contributed by atoms with Crippen molar-refractivity contribution in [3.8, 4) is 0 Å². The Morgan fingerprint density at radius 2 is 2.21 bits per heavy atom. The molecule has 0 atom stereocenters. The van der Waals surface area contributed by atoms with Gasteiger partial charge in [0, 0.05) is 19.8 Å². The van der Waals surface area contributed by atoms with Gasteiger partial charge in [-0.2, -0.15) is 0 Å². The molecular weight excluding hydrogens is 262 g/mol. The molecule has 4 nitrogen and oxygen atoms in total. The van der Waals surface area contributed by atoms with E-state index in [-0.39, 0.29) is 5.56 Å². The van der Waals surface area contributed by atoms with E-state index >= 15 is 0 Å². The minimum atomic E-state index is -0.108. The summed E-state index contributed by atoms with van der Waals surface area (Å²) in [7, 11) is 1.69. The highest BCUT2D eigenvalue weighted by Gasteiger charge is 2.76. The van der Waals surface area contributed by atoms with Gasteiger partial charge in [-0.25, -0.2) is 4.98 Å². The van der Waals surface area contributed by atoms with Gasteiger partial charge in [0.05, 0.1) is 0 Å². The van der Waals surface area contributed by atoms with Crippen molar-refractivity contribution in [2.75, 3.05) is 11.9 Å². The Hall–Kier alpha value is -1.03. The molecule has 0 bridgehead atoms. The van der Waals surface area contributed by atoms with Crippen molar-refractivity contribution in [3.05, 3.63) is 21.7 Å². The molecule has 3 fully saturated rings. The number of anilines is 1. The highest BCUT2D eigenvalue weighted by Crippen LogP contribution is 2.86. The Balaban J connectivity index is 1.37. The third-order valence-corrected chi connectivity index (χ3v) is 5.67. The van der Waals surface area contributed by atoms with Gasteiger partial charge in [-0.1, -0.05) is 11.6 Å². The Morgan fingerprint density at radius 3 is 2.84 bits per heavy atom. The Morgan fingerprint density at radius 1 is 1.47 bits per heavy atom. The molecule has 0 aromatic carbocycles. The molecule has 1 aromatic heterocycles. The quantitative estimate of drug-likeness (QED) is 0.924. The number of aryl methyl sites for hydroxylation is 1. The van der Waals surface area contributed by atoms with E-state index in [0.29, 0.717) is 22.3 Å². The van der Waals surface area contributed by atoms with Crippen molar-refractivity contribution >= 4 is 17.4 Å². The first kappa shape index (κ1) is 11.8. The zero-order valence-corrected chi connectivity index (χ0v) is 11.8. The van der Waals surface area contributed by atoms with E-state index in [1.165, 1.54) is 42.9 Å². The molecule has 0 radical (unpaired) electrons. The lowest BCUT2D eigenvalue weighted by Crippen LogP contribution is -2.34. The number of fused-ring (bicyclic) bond motifs is 1. The molecule has 3 saturated carbocycles. The van der Waals surface area contributed by atoms with Crippen molar-refractivity contribution in [2.45, 2.75) is 32.1 Å². The second kappa shape index (κ2) is 3.54. The first-order valence-corrected chi connectivity index (χ1v) is 7.39. The summed E-state index contributed by atoms with van der Waals surface area (Å²) in [6.45, 7) is 0.848. The second-order valence-electron chi connectivity index (χ2n) is 6.72. The van der Waals surface area contributed by atoms with Crippen LogP contribution in [0.1, 0.15) is 32.1 Å². The monoisotopic (exact) mass is 279 g/mol. The van der Waals surface area contributed by atoms with E-state index in [4.69, 9.17) is 11.6 Å². The zero-order valence-electron chi connectivity index (χ0n) is 11.1. The molecule has 2 spiro atoms. The maximum atomic E-state index is 11.9. The topological polar surface area (TPSA) is 46.9 Å². The number of hydrogen-bond acceptors (Lipinski definition) is 3. The largest absolute Gasteiger partial charge is 0.365 e. The van der Waals surface area contributed by atoms with Crippen LogP contribution in [0.2, 0.25) is 5.15 Å². The van der Waals surface area contributed by atoms with E-state index in [1.54, 1.807) is 7.05 Å². The zero-order chi connectivity index (χ0) is 13.3. The van der Waals surface area contributed by atoms with E-state index in [9.17, 15) is 4.79 Å². The molecule has 0 unspecified atom stereocenters. The number of hydrogen-bond donors (Lipinski definition) is 1. The number of aromatic nitrogens is 2. The molecule has 1 aromatic rings. The average molecular weight is 280 g/mol. The SMILES string of the molecule is Cn1cc(Cl)nc(NCC2CC3(C2)CC32CC2)c1=O. The average Bonchev–Trinajstić information content (AvgIpc) is 3.20. The lowest BCUT2D eigenvalue weighted by atomic mass is 9.70. The van der Waals surface area contributed by atoms with Crippen LogP contribution in [0, 0.1) is 16.7 Å². The molecule has 102 valence electrons. The minimum Gasteiger partial charge on any atom is -0.365 e. The van der Waals surface area contributed by atoms with Crippen LogP contribution in [-0.4, -0.2) is 16.1 Å². The minimum absolute atomic E-state index is 0.108. The first-order valence-electron chi connectivity index (χ1n) is 7.01. The van der Waals surface area contributed by atoms with E-state index < -0.39 is 0 Å². The summed E-state index contributed by atoms with van der Waals surface area (Å²) in [6, 6.07) is 0. The van der Waals surface area contributed by atoms with Gasteiger partial charge in [-0.05, 0) is 48.9 Å². The van der Waals surface area contributed by atoms with Crippen molar-refractivity contribution in [3.63, 3.8) is 0 Å². The van der Waals surface area contributed by atoms with Gasteiger partial charge in [0.15, 0.2) is 5.82 Å². The summed E-state index contributed by atoms with van der Waals surface area (Å²) in [5.74, 6) is 1.08. The number of halogens is 1. The lowest BCUT2D eigenvalue weighted by Gasteiger charge is -2.37. The normalized spacial score (nSPS) is 33.3. The van der Waals surface area contributed by atoms with E-state index in [1.807, 2.05) is 0 Å². The van der Waals surface area contributed by atoms with Gasteiger partial charge in [0.2, 0.25) is 0 Å². The van der Waals surface area contributed by atoms with Gasteiger partial charge in [0.25, 0.3) is 5.56 Å². The summed E-state index contributed by atoms with van der Waals surface area (Å²) < 4.78 is 1.47. The maximum absolute atomic E-state index is 11.9. The Bertz CT molecular complexity index is 599. The number of rotatable bonds is 3. The predicted octanol–water partition coefficient (Wildman–Crippen LogP) is 2.43. The molecule has 19 heavy (non-hydrogen) atoms. The van der Waals surface area contributed by atoms with Gasteiger partial charge in [-0.3, -0.25) is 4.79 Å². The van der Waals surface area contributed by atoms with Crippen molar-refractivity contribution in [1.29, 1.82) is 0 Å². The van der Waals surface area contributed by atoms with Gasteiger partial charge in [-0.15, -0.1) is 0 Å². The summed E-state index contributed by atoms with van der Waals surface area (Å²) in [4.78, 5) is 15.9. The molecule has 5 heteroatoms. The molecule has 0 saturated heterocycles. The third-order valence-electron chi connectivity index (χ3n) is 5.49. The summed E-state index contributed by atoms with van der Waals surface area (Å²) >= 11 is 5.88. The molecular formula is C14H18ClN3O. The highest BCUT2D eigenvalue weighted by atomic mass is 35.5. The molecule has 4 rings (SSSR count). The number of nitrogens with zero attached hydrogens (tertiary/aromatic N) is 2. The van der Waals surface area contributed by atoms with Crippen LogP contribution in [0.3, 0.4) is 0 Å². The fourth-order valence-corrected chi connectivity index (χ4v) is 4.38. The maximum Gasteiger partial charge on any atom is 0.293 e. The standard InChI is InChI=1S/C14H18ClN3O/c1-18-7-10(15)17-11(12(18)19)16-6-9-4-14(5-9)8-13(14)2-3-13/h7,9H,2-6,8H2,1H3,(H,16,17). The highest BCUT2D eigenvalue weighted by molar-refractivity contribution is 6.29. The van der Waals surface area contributed by atoms with E-state index in [0.717, 1.165) is 12.0 Å². The van der Waals surface area contributed by atoms with Gasteiger partial charge in [0.1, 0.15) is 5.15 Å².